The fourth-order valence-corrected chi connectivity index (χ4v) is 1.53. The van der Waals surface area contributed by atoms with E-state index in [1.807, 2.05) is 6.26 Å². The Morgan fingerprint density at radius 3 is 2.45 bits per heavy atom. The van der Waals surface area contributed by atoms with Gasteiger partial charge in [0.1, 0.15) is 12.2 Å². The molecule has 0 aromatic heterocycles. The average Bonchev–Trinajstić information content (AvgIpc) is 2.16. The molecule has 1 fully saturated rings. The molecule has 11 heavy (non-hydrogen) atoms. The van der Waals surface area contributed by atoms with Gasteiger partial charge in [-0.3, -0.25) is 0 Å². The van der Waals surface area contributed by atoms with Crippen LogP contribution in [0.5, 0.6) is 0 Å². The molecule has 4 atom stereocenters. The van der Waals surface area contributed by atoms with Gasteiger partial charge in [-0.2, -0.15) is 11.8 Å². The van der Waals surface area contributed by atoms with Crippen molar-refractivity contribution in [1.29, 1.82) is 0 Å². The lowest BCUT2D eigenvalue weighted by atomic mass is 10.2. The Morgan fingerprint density at radius 2 is 2.09 bits per heavy atom. The van der Waals surface area contributed by atoms with Crippen molar-refractivity contribution in [3.05, 3.63) is 0 Å². The van der Waals surface area contributed by atoms with Crippen LogP contribution in [-0.4, -0.2) is 51.9 Å². The van der Waals surface area contributed by atoms with Gasteiger partial charge in [0.05, 0.1) is 7.47 Å². The van der Waals surface area contributed by atoms with E-state index in [0.29, 0.717) is 5.75 Å². The van der Waals surface area contributed by atoms with E-state index < -0.39 is 24.6 Å². The molecule has 1 rings (SSSR count). The quantitative estimate of drug-likeness (QED) is 0.498. The van der Waals surface area contributed by atoms with Crippen molar-refractivity contribution < 1.29 is 21.4 Å². The van der Waals surface area contributed by atoms with Crippen LogP contribution in [0.3, 0.4) is 0 Å². The highest BCUT2D eigenvalue weighted by atomic mass is 32.2. The van der Waals surface area contributed by atoms with Crippen LogP contribution in [0.25, 0.3) is 0 Å². The van der Waals surface area contributed by atoms with Crippen LogP contribution in [0.15, 0.2) is 0 Å². The monoisotopic (exact) mass is 181 g/mol. The van der Waals surface area contributed by atoms with Crippen LogP contribution in [0, 0.1) is 0 Å². The molecule has 0 bridgehead atoms. The van der Waals surface area contributed by atoms with Crippen molar-refractivity contribution in [3.63, 3.8) is 0 Å². The first kappa shape index (κ1) is 7.82. The zero-order chi connectivity index (χ0) is 9.35. The summed E-state index contributed by atoms with van der Waals surface area (Å²) in [5.41, 5.74) is 0. The second kappa shape index (κ2) is 3.73. The normalized spacial score (nSPS) is 52.7. The van der Waals surface area contributed by atoms with Crippen molar-refractivity contribution in [1.82, 2.24) is 0 Å². The molecule has 0 spiro atoms. The van der Waals surface area contributed by atoms with Gasteiger partial charge in [0.15, 0.2) is 6.27 Å². The first-order valence-corrected chi connectivity index (χ1v) is 4.63. The van der Waals surface area contributed by atoms with Crippen LogP contribution in [0.1, 0.15) is 1.37 Å². The third-order valence-electron chi connectivity index (χ3n) is 1.56. The molecule has 3 N–H and O–H groups in total. The Kier molecular flexibility index (Phi) is 2.65. The first-order valence-electron chi connectivity index (χ1n) is 3.74. The predicted octanol–water partition coefficient (Wildman–Crippen LogP) is -1.21. The number of aliphatic hydroxyl groups excluding tert-OH is 2. The molecule has 0 saturated carbocycles. The summed E-state index contributed by atoms with van der Waals surface area (Å²) < 4.78 is 11.8. The SMILES string of the molecule is [2H][C@]1(O)O[C@H](CSC)[C@@H](O)[C@H]1O. The van der Waals surface area contributed by atoms with Gasteiger partial charge in [0.2, 0.25) is 0 Å². The smallest absolute Gasteiger partial charge is 0.183 e. The van der Waals surface area contributed by atoms with Crippen molar-refractivity contribution in [2.75, 3.05) is 12.0 Å². The molecule has 0 aliphatic carbocycles. The molecule has 5 heteroatoms. The van der Waals surface area contributed by atoms with E-state index in [0.717, 1.165) is 0 Å². The largest absolute Gasteiger partial charge is 0.387 e. The van der Waals surface area contributed by atoms with Crippen LogP contribution in [0.4, 0.5) is 0 Å². The molecule has 0 unspecified atom stereocenters. The maximum atomic E-state index is 9.26. The van der Waals surface area contributed by atoms with Gasteiger partial charge in [-0.15, -0.1) is 0 Å². The number of aliphatic hydroxyl groups is 3. The summed E-state index contributed by atoms with van der Waals surface area (Å²) in [5.74, 6) is 0.444. The Balaban J connectivity index is 2.61. The zero-order valence-electron chi connectivity index (χ0n) is 7.10. The van der Waals surface area contributed by atoms with Gasteiger partial charge < -0.3 is 20.1 Å². The number of hydrogen-bond acceptors (Lipinski definition) is 5. The molecule has 0 aromatic rings. The van der Waals surface area contributed by atoms with Crippen molar-refractivity contribution in [2.45, 2.75) is 24.6 Å². The highest BCUT2D eigenvalue weighted by molar-refractivity contribution is 7.98. The maximum absolute atomic E-state index is 9.26. The van der Waals surface area contributed by atoms with Crippen LogP contribution in [-0.2, 0) is 4.74 Å². The summed E-state index contributed by atoms with van der Waals surface area (Å²) in [6.45, 7) is 0. The predicted molar refractivity (Wildman–Crippen MR) is 41.3 cm³/mol. The molecule has 1 saturated heterocycles. The number of hydrogen-bond donors (Lipinski definition) is 3. The van der Waals surface area contributed by atoms with Gasteiger partial charge in [-0.05, 0) is 6.26 Å². The Bertz CT molecular complexity index is 166. The Hall–Kier alpha value is 0.190. The highest BCUT2D eigenvalue weighted by Crippen LogP contribution is 2.21. The Morgan fingerprint density at radius 1 is 1.45 bits per heavy atom. The van der Waals surface area contributed by atoms with E-state index in [-0.39, 0.29) is 0 Å². The molecule has 1 heterocycles. The standard InChI is InChI=1S/C6H12O4S/c1-11-2-3-4(7)5(8)6(9)10-3/h3-9H,2H2,1H3/t3-,4-,5-,6+/m1/s1/i6D. The molecular formula is C6H12O4S. The second-order valence-electron chi connectivity index (χ2n) is 2.39. The number of ether oxygens (including phenoxy) is 1. The van der Waals surface area contributed by atoms with Gasteiger partial charge in [0.25, 0.3) is 0 Å². The molecule has 4 nitrogen and oxygen atoms in total. The summed E-state index contributed by atoms with van der Waals surface area (Å²) in [4.78, 5) is 0. The van der Waals surface area contributed by atoms with Gasteiger partial charge >= 0.3 is 0 Å². The molecule has 1 aliphatic heterocycles. The van der Waals surface area contributed by atoms with Crippen molar-refractivity contribution in [2.24, 2.45) is 0 Å². The fraction of sp³-hybridized carbons (Fsp3) is 1.00. The van der Waals surface area contributed by atoms with E-state index in [1.54, 1.807) is 0 Å². The summed E-state index contributed by atoms with van der Waals surface area (Å²) in [6.07, 6.45) is -3.95. The highest BCUT2D eigenvalue weighted by Gasteiger charge is 2.41. The lowest BCUT2D eigenvalue weighted by Crippen LogP contribution is -2.33. The molecule has 66 valence electrons. The molecule has 0 aromatic carbocycles. The summed E-state index contributed by atoms with van der Waals surface area (Å²) in [6, 6.07) is 0. The van der Waals surface area contributed by atoms with Crippen LogP contribution >= 0.6 is 11.8 Å². The van der Waals surface area contributed by atoms with Gasteiger partial charge in [0, 0.05) is 5.75 Å². The Labute approximate surface area is 70.6 Å². The van der Waals surface area contributed by atoms with Crippen molar-refractivity contribution >= 4 is 11.8 Å². The molecular weight excluding hydrogens is 168 g/mol. The summed E-state index contributed by atoms with van der Waals surface area (Å²) in [7, 11) is 0. The molecule has 1 aliphatic rings. The topological polar surface area (TPSA) is 69.9 Å². The van der Waals surface area contributed by atoms with Gasteiger partial charge in [-0.25, -0.2) is 0 Å². The third kappa shape index (κ3) is 1.86. The summed E-state index contributed by atoms with van der Waals surface area (Å²) >= 11 is 1.41. The minimum absolute atomic E-state index is 0.444. The molecule has 0 amide bonds. The maximum Gasteiger partial charge on any atom is 0.183 e. The summed E-state index contributed by atoms with van der Waals surface area (Å²) in [5, 5.41) is 27.4. The lowest BCUT2D eigenvalue weighted by molar-refractivity contribution is -0.123. The molecule has 0 radical (unpaired) electrons. The fourth-order valence-electron chi connectivity index (χ4n) is 0.941. The van der Waals surface area contributed by atoms with Crippen LogP contribution in [0.2, 0.25) is 0 Å². The first-order chi connectivity index (χ1) is 5.49. The number of rotatable bonds is 2. The zero-order valence-corrected chi connectivity index (χ0v) is 6.91. The minimum Gasteiger partial charge on any atom is -0.387 e. The second-order valence-corrected chi connectivity index (χ2v) is 3.30. The van der Waals surface area contributed by atoms with E-state index in [1.165, 1.54) is 11.8 Å². The average molecular weight is 181 g/mol. The van der Waals surface area contributed by atoms with Crippen LogP contribution < -0.4 is 0 Å². The van der Waals surface area contributed by atoms with E-state index in [2.05, 4.69) is 0 Å². The third-order valence-corrected chi connectivity index (χ3v) is 2.22. The number of thioether (sulfide) groups is 1. The van der Waals surface area contributed by atoms with E-state index in [4.69, 9.17) is 16.3 Å². The van der Waals surface area contributed by atoms with E-state index in [9.17, 15) is 5.11 Å². The minimum atomic E-state index is -2.36. The van der Waals surface area contributed by atoms with Gasteiger partial charge in [-0.1, -0.05) is 0 Å². The lowest BCUT2D eigenvalue weighted by Gasteiger charge is -2.11. The van der Waals surface area contributed by atoms with Crippen molar-refractivity contribution in [3.8, 4) is 0 Å². The van der Waals surface area contributed by atoms with E-state index >= 15 is 0 Å².